The first-order chi connectivity index (χ1) is 15.3. The van der Waals surface area contributed by atoms with Crippen LogP contribution < -0.4 is 5.32 Å². The van der Waals surface area contributed by atoms with Crippen LogP contribution in [-0.2, 0) is 6.54 Å². The predicted octanol–water partition coefficient (Wildman–Crippen LogP) is 5.84. The molecule has 0 aliphatic carbocycles. The molecule has 6 nitrogen and oxygen atoms in total. The van der Waals surface area contributed by atoms with E-state index in [1.807, 2.05) is 19.1 Å². The van der Waals surface area contributed by atoms with Crippen LogP contribution in [0, 0.1) is 6.92 Å². The highest BCUT2D eigenvalue weighted by Gasteiger charge is 2.23. The number of hydrogen-bond acceptors (Lipinski definition) is 4. The molecule has 2 heterocycles. The summed E-state index contributed by atoms with van der Waals surface area (Å²) in [4.78, 5) is 16.8. The molecule has 0 saturated carbocycles. The van der Waals surface area contributed by atoms with Crippen LogP contribution in [0.15, 0.2) is 60.9 Å². The summed E-state index contributed by atoms with van der Waals surface area (Å²) in [5.74, 6) is -0.386. The van der Waals surface area contributed by atoms with Gasteiger partial charge >= 0.3 is 0 Å². The molecule has 2 N–H and O–H groups in total. The molecule has 2 aromatic heterocycles. The Bertz CT molecular complexity index is 1300. The second-order valence-corrected chi connectivity index (χ2v) is 8.30. The van der Waals surface area contributed by atoms with Crippen molar-refractivity contribution in [2.75, 3.05) is 0 Å². The van der Waals surface area contributed by atoms with Crippen molar-refractivity contribution in [3.05, 3.63) is 92.8 Å². The van der Waals surface area contributed by atoms with Gasteiger partial charge in [0.2, 0.25) is 0 Å². The van der Waals surface area contributed by atoms with Gasteiger partial charge in [0.05, 0.1) is 22.6 Å². The summed E-state index contributed by atoms with van der Waals surface area (Å²) in [6.07, 6.45) is 2.87. The number of rotatable bonds is 5. The smallest absolute Gasteiger partial charge is 0.272 e. The van der Waals surface area contributed by atoms with Crippen LogP contribution in [0.3, 0.4) is 0 Å². The fraction of sp³-hybridized carbons (Fsp3) is 0.0870. The summed E-state index contributed by atoms with van der Waals surface area (Å²) in [7, 11) is 0. The number of pyridine rings is 1. The topological polar surface area (TPSA) is 80.0 Å². The van der Waals surface area contributed by atoms with Crippen molar-refractivity contribution in [1.82, 2.24) is 20.1 Å². The maximum atomic E-state index is 13.0. The summed E-state index contributed by atoms with van der Waals surface area (Å²) in [5, 5.41) is 18.7. The number of halogens is 3. The van der Waals surface area contributed by atoms with Crippen LogP contribution in [0.1, 0.15) is 21.6 Å². The van der Waals surface area contributed by atoms with Gasteiger partial charge in [-0.25, -0.2) is 4.68 Å². The minimum Gasteiger partial charge on any atom is -0.506 e. The number of hydrogen-bond donors (Lipinski definition) is 2. The molecule has 0 atom stereocenters. The first-order valence-corrected chi connectivity index (χ1v) is 10.7. The molecule has 0 bridgehead atoms. The Morgan fingerprint density at radius 1 is 1.06 bits per heavy atom. The SMILES string of the molecule is Cc1c(C(=O)NCc2ccncc2O)nn(-c2ccc(Cl)cc2Cl)c1-c1ccc(Cl)cc1. The quantitative estimate of drug-likeness (QED) is 0.371. The summed E-state index contributed by atoms with van der Waals surface area (Å²) < 4.78 is 1.62. The Morgan fingerprint density at radius 3 is 2.47 bits per heavy atom. The van der Waals surface area contributed by atoms with E-state index in [1.165, 1.54) is 6.20 Å². The number of benzene rings is 2. The van der Waals surface area contributed by atoms with Crippen molar-refractivity contribution < 1.29 is 9.90 Å². The number of carbonyl (C=O) groups excluding carboxylic acids is 1. The van der Waals surface area contributed by atoms with Crippen molar-refractivity contribution >= 4 is 40.7 Å². The average molecular weight is 488 g/mol. The Balaban J connectivity index is 1.77. The lowest BCUT2D eigenvalue weighted by molar-refractivity contribution is 0.0944. The van der Waals surface area contributed by atoms with Crippen LogP contribution >= 0.6 is 34.8 Å². The van der Waals surface area contributed by atoms with Crippen LogP contribution in [0.25, 0.3) is 16.9 Å². The summed E-state index contributed by atoms with van der Waals surface area (Å²) >= 11 is 18.6. The fourth-order valence-corrected chi connectivity index (χ4v) is 3.92. The van der Waals surface area contributed by atoms with E-state index in [1.54, 1.807) is 47.3 Å². The summed E-state index contributed by atoms with van der Waals surface area (Å²) in [5.41, 5.74) is 3.53. The van der Waals surface area contributed by atoms with Gasteiger partial charge in [0.1, 0.15) is 5.75 Å². The molecular weight excluding hydrogens is 471 g/mol. The second kappa shape index (κ2) is 9.20. The highest BCUT2D eigenvalue weighted by molar-refractivity contribution is 6.35. The lowest BCUT2D eigenvalue weighted by Gasteiger charge is -2.11. The molecule has 0 radical (unpaired) electrons. The van der Waals surface area contributed by atoms with Crippen LogP contribution in [0.2, 0.25) is 15.1 Å². The maximum absolute atomic E-state index is 13.0. The normalized spacial score (nSPS) is 10.9. The Morgan fingerprint density at radius 2 is 1.78 bits per heavy atom. The highest BCUT2D eigenvalue weighted by atomic mass is 35.5. The molecule has 0 aliphatic heterocycles. The minimum atomic E-state index is -0.391. The minimum absolute atomic E-state index is 0.00449. The number of nitrogens with one attached hydrogen (secondary N) is 1. The van der Waals surface area contributed by atoms with Gasteiger partial charge in [0.15, 0.2) is 5.69 Å². The van der Waals surface area contributed by atoms with Gasteiger partial charge in [0, 0.05) is 39.5 Å². The van der Waals surface area contributed by atoms with Crippen molar-refractivity contribution in [2.24, 2.45) is 0 Å². The van der Waals surface area contributed by atoms with Gasteiger partial charge in [-0.05, 0) is 43.3 Å². The zero-order valence-electron chi connectivity index (χ0n) is 16.8. The molecule has 1 amide bonds. The molecule has 0 unspecified atom stereocenters. The Kier molecular flexibility index (Phi) is 6.37. The number of aromatic nitrogens is 3. The van der Waals surface area contributed by atoms with Gasteiger partial charge in [-0.3, -0.25) is 9.78 Å². The zero-order chi connectivity index (χ0) is 22.8. The average Bonchev–Trinajstić information content (AvgIpc) is 3.10. The molecule has 9 heteroatoms. The van der Waals surface area contributed by atoms with Gasteiger partial charge in [-0.2, -0.15) is 5.10 Å². The van der Waals surface area contributed by atoms with E-state index in [4.69, 9.17) is 34.8 Å². The Labute approximate surface area is 199 Å². The van der Waals surface area contributed by atoms with Crippen molar-refractivity contribution in [3.63, 3.8) is 0 Å². The lowest BCUT2D eigenvalue weighted by atomic mass is 10.1. The third-order valence-electron chi connectivity index (χ3n) is 4.92. The highest BCUT2D eigenvalue weighted by Crippen LogP contribution is 2.33. The zero-order valence-corrected chi connectivity index (χ0v) is 19.1. The monoisotopic (exact) mass is 486 g/mol. The second-order valence-electron chi connectivity index (χ2n) is 7.02. The van der Waals surface area contributed by atoms with Crippen LogP contribution in [0.4, 0.5) is 0 Å². The Hall–Kier alpha value is -3.06. The molecule has 4 aromatic rings. The van der Waals surface area contributed by atoms with Crippen molar-refractivity contribution in [3.8, 4) is 22.7 Å². The molecule has 0 spiro atoms. The van der Waals surface area contributed by atoms with E-state index >= 15 is 0 Å². The number of nitrogens with zero attached hydrogens (tertiary/aromatic N) is 3. The molecule has 32 heavy (non-hydrogen) atoms. The lowest BCUT2D eigenvalue weighted by Crippen LogP contribution is -2.24. The summed E-state index contributed by atoms with van der Waals surface area (Å²) in [6, 6.07) is 13.9. The maximum Gasteiger partial charge on any atom is 0.272 e. The third-order valence-corrected chi connectivity index (χ3v) is 5.71. The molecule has 162 valence electrons. The van der Waals surface area contributed by atoms with Crippen molar-refractivity contribution in [1.29, 1.82) is 0 Å². The largest absolute Gasteiger partial charge is 0.506 e. The molecule has 4 rings (SSSR count). The number of amides is 1. The molecule has 0 fully saturated rings. The number of carbonyl (C=O) groups is 1. The molecule has 0 aliphatic rings. The third kappa shape index (κ3) is 4.43. The predicted molar refractivity (Wildman–Crippen MR) is 126 cm³/mol. The fourth-order valence-electron chi connectivity index (χ4n) is 3.31. The van der Waals surface area contributed by atoms with E-state index in [0.29, 0.717) is 37.6 Å². The van der Waals surface area contributed by atoms with E-state index in [2.05, 4.69) is 15.4 Å². The molecule has 2 aromatic carbocycles. The van der Waals surface area contributed by atoms with E-state index in [9.17, 15) is 9.90 Å². The first-order valence-electron chi connectivity index (χ1n) is 9.56. The van der Waals surface area contributed by atoms with Gasteiger partial charge in [-0.15, -0.1) is 0 Å². The van der Waals surface area contributed by atoms with E-state index in [-0.39, 0.29) is 18.0 Å². The van der Waals surface area contributed by atoms with Crippen LogP contribution in [-0.4, -0.2) is 25.8 Å². The van der Waals surface area contributed by atoms with Crippen LogP contribution in [0.5, 0.6) is 5.75 Å². The van der Waals surface area contributed by atoms with Gasteiger partial charge in [-0.1, -0.05) is 46.9 Å². The standard InChI is InChI=1S/C23H17Cl3N4O2/c1-13-21(23(32)28-11-15-8-9-27-12-20(15)31)29-30(19-7-6-17(25)10-18(19)26)22(13)14-2-4-16(24)5-3-14/h2-10,12,31H,11H2,1H3,(H,28,32). The van der Waals surface area contributed by atoms with E-state index < -0.39 is 5.91 Å². The molecule has 0 saturated heterocycles. The summed E-state index contributed by atoms with van der Waals surface area (Å²) in [6.45, 7) is 1.94. The molecular formula is C23H17Cl3N4O2. The van der Waals surface area contributed by atoms with E-state index in [0.717, 1.165) is 5.56 Å². The number of aromatic hydroxyl groups is 1. The van der Waals surface area contributed by atoms with Gasteiger partial charge in [0.25, 0.3) is 5.91 Å². The van der Waals surface area contributed by atoms with Gasteiger partial charge < -0.3 is 10.4 Å². The first kappa shape index (κ1) is 22.1. The van der Waals surface area contributed by atoms with Crippen molar-refractivity contribution in [2.45, 2.75) is 13.5 Å².